The number of aromatic nitrogens is 2. The van der Waals surface area contributed by atoms with Crippen LogP contribution in [0.4, 0.5) is 0 Å². The van der Waals surface area contributed by atoms with E-state index in [1.165, 1.54) is 5.56 Å². The van der Waals surface area contributed by atoms with E-state index in [2.05, 4.69) is 28.2 Å². The van der Waals surface area contributed by atoms with Crippen molar-refractivity contribution in [2.45, 2.75) is 24.3 Å². The zero-order valence-electron chi connectivity index (χ0n) is 15.9. The van der Waals surface area contributed by atoms with Crippen LogP contribution in [0, 0.1) is 5.92 Å². The van der Waals surface area contributed by atoms with Crippen molar-refractivity contribution in [1.82, 2.24) is 14.9 Å². The molecule has 2 aromatic heterocycles. The second kappa shape index (κ2) is 8.92. The van der Waals surface area contributed by atoms with E-state index in [0.29, 0.717) is 38.1 Å². The molecule has 1 fully saturated rings. The number of likely N-dealkylation sites (tertiary alicyclic amines) is 1. The molecule has 0 saturated carbocycles. The van der Waals surface area contributed by atoms with Gasteiger partial charge >= 0.3 is 0 Å². The Balaban J connectivity index is 1.37. The van der Waals surface area contributed by atoms with Crippen LogP contribution in [0.15, 0.2) is 47.8 Å². The summed E-state index contributed by atoms with van der Waals surface area (Å²) in [5, 5.41) is 1.95. The largest absolute Gasteiger partial charge is 0.369 e. The molecule has 0 atom stereocenters. The number of fused-ring (bicyclic) bond motifs is 1. The van der Waals surface area contributed by atoms with Crippen molar-refractivity contribution in [2.75, 3.05) is 18.8 Å². The van der Waals surface area contributed by atoms with Crippen molar-refractivity contribution >= 4 is 45.1 Å². The highest BCUT2D eigenvalue weighted by molar-refractivity contribution is 7.99. The van der Waals surface area contributed by atoms with Gasteiger partial charge in [-0.05, 0) is 24.5 Å². The minimum absolute atomic E-state index is 0.0971. The van der Waals surface area contributed by atoms with Crippen LogP contribution in [0.25, 0.3) is 20.7 Å². The number of primary amides is 1. The van der Waals surface area contributed by atoms with Crippen LogP contribution in [-0.2, 0) is 9.59 Å². The number of benzene rings is 1. The molecule has 8 heteroatoms. The van der Waals surface area contributed by atoms with E-state index in [0.717, 1.165) is 20.1 Å². The number of thioether (sulfide) groups is 1. The number of carbonyl (C=O) groups is 2. The number of hydrogen-bond acceptors (Lipinski definition) is 6. The van der Waals surface area contributed by atoms with Gasteiger partial charge in [0.2, 0.25) is 11.8 Å². The van der Waals surface area contributed by atoms with Crippen molar-refractivity contribution in [3.8, 4) is 10.4 Å². The number of amides is 2. The van der Waals surface area contributed by atoms with Gasteiger partial charge in [-0.15, -0.1) is 23.1 Å². The molecule has 1 aromatic carbocycles. The lowest BCUT2D eigenvalue weighted by Gasteiger charge is -2.30. The van der Waals surface area contributed by atoms with Crippen LogP contribution in [0.2, 0.25) is 0 Å². The van der Waals surface area contributed by atoms with Gasteiger partial charge in [0, 0.05) is 41.4 Å². The summed E-state index contributed by atoms with van der Waals surface area (Å²) in [6.45, 7) is 1.22. The maximum absolute atomic E-state index is 12.5. The highest BCUT2D eigenvalue weighted by Gasteiger charge is 2.25. The first-order valence-corrected chi connectivity index (χ1v) is 11.4. The van der Waals surface area contributed by atoms with E-state index in [-0.39, 0.29) is 17.7 Å². The number of thiophene rings is 1. The molecule has 6 nitrogen and oxygen atoms in total. The molecule has 29 heavy (non-hydrogen) atoms. The summed E-state index contributed by atoms with van der Waals surface area (Å²) < 4.78 is 0. The van der Waals surface area contributed by atoms with Crippen LogP contribution >= 0.6 is 23.1 Å². The quantitative estimate of drug-likeness (QED) is 0.481. The number of carbonyl (C=O) groups excluding carboxylic acids is 2. The smallest absolute Gasteiger partial charge is 0.223 e. The van der Waals surface area contributed by atoms with Gasteiger partial charge in [-0.2, -0.15) is 0 Å². The lowest BCUT2D eigenvalue weighted by Crippen LogP contribution is -2.41. The average molecular weight is 427 g/mol. The summed E-state index contributed by atoms with van der Waals surface area (Å²) in [6.07, 6.45) is 3.37. The zero-order valence-corrected chi connectivity index (χ0v) is 17.5. The van der Waals surface area contributed by atoms with Gasteiger partial charge in [0.15, 0.2) is 0 Å². The molecule has 3 aromatic rings. The summed E-state index contributed by atoms with van der Waals surface area (Å²) in [5.41, 5.74) is 6.53. The molecular weight excluding hydrogens is 404 g/mol. The summed E-state index contributed by atoms with van der Waals surface area (Å²) in [7, 11) is 0. The first kappa shape index (κ1) is 19.8. The van der Waals surface area contributed by atoms with Crippen molar-refractivity contribution in [1.29, 1.82) is 0 Å². The Hall–Kier alpha value is -2.45. The fraction of sp³-hybridized carbons (Fsp3) is 0.333. The fourth-order valence-corrected chi connectivity index (χ4v) is 5.47. The molecule has 1 aliphatic heterocycles. The third-order valence-corrected chi connectivity index (χ3v) is 7.26. The summed E-state index contributed by atoms with van der Waals surface area (Å²) in [6, 6.07) is 12.4. The number of piperidine rings is 1. The molecule has 1 aliphatic rings. The third-order valence-electron chi connectivity index (χ3n) is 5.16. The predicted molar refractivity (Wildman–Crippen MR) is 117 cm³/mol. The van der Waals surface area contributed by atoms with Gasteiger partial charge in [0.05, 0.1) is 0 Å². The maximum Gasteiger partial charge on any atom is 0.223 e. The van der Waals surface area contributed by atoms with Gasteiger partial charge < -0.3 is 10.6 Å². The van der Waals surface area contributed by atoms with E-state index < -0.39 is 0 Å². The number of rotatable bonds is 6. The van der Waals surface area contributed by atoms with Crippen LogP contribution in [0.1, 0.15) is 19.3 Å². The number of nitrogens with two attached hydrogens (primary N) is 1. The van der Waals surface area contributed by atoms with E-state index in [9.17, 15) is 9.59 Å². The average Bonchev–Trinajstić information content (AvgIpc) is 3.19. The topological polar surface area (TPSA) is 89.2 Å². The molecule has 1 saturated heterocycles. The molecule has 3 heterocycles. The predicted octanol–water partition coefficient (Wildman–Crippen LogP) is 3.56. The van der Waals surface area contributed by atoms with Crippen molar-refractivity contribution < 1.29 is 9.59 Å². The molecule has 150 valence electrons. The third kappa shape index (κ3) is 4.59. The van der Waals surface area contributed by atoms with Crippen molar-refractivity contribution in [3.05, 3.63) is 42.7 Å². The first-order valence-electron chi connectivity index (χ1n) is 9.61. The fourth-order valence-electron chi connectivity index (χ4n) is 3.50. The highest BCUT2D eigenvalue weighted by Crippen LogP contribution is 2.36. The van der Waals surface area contributed by atoms with E-state index in [1.54, 1.807) is 29.4 Å². The lowest BCUT2D eigenvalue weighted by molar-refractivity contribution is -0.134. The maximum atomic E-state index is 12.5. The summed E-state index contributed by atoms with van der Waals surface area (Å²) in [5.74, 6) is 0.434. The van der Waals surface area contributed by atoms with E-state index in [4.69, 9.17) is 5.73 Å². The lowest BCUT2D eigenvalue weighted by atomic mass is 9.96. The van der Waals surface area contributed by atoms with Gasteiger partial charge in [0.25, 0.3) is 0 Å². The Morgan fingerprint density at radius 2 is 1.93 bits per heavy atom. The van der Waals surface area contributed by atoms with E-state index in [1.807, 2.05) is 23.1 Å². The Bertz CT molecular complexity index is 1010. The normalized spacial score (nSPS) is 15.0. The van der Waals surface area contributed by atoms with Gasteiger partial charge in [-0.3, -0.25) is 9.59 Å². The Kier molecular flexibility index (Phi) is 6.10. The van der Waals surface area contributed by atoms with Crippen LogP contribution in [-0.4, -0.2) is 45.5 Å². The molecule has 0 unspecified atom stereocenters. The second-order valence-electron chi connectivity index (χ2n) is 7.03. The second-order valence-corrected chi connectivity index (χ2v) is 9.14. The molecule has 0 aliphatic carbocycles. The van der Waals surface area contributed by atoms with Gasteiger partial charge in [0.1, 0.15) is 16.2 Å². The minimum Gasteiger partial charge on any atom is -0.369 e. The zero-order chi connectivity index (χ0) is 20.2. The van der Waals surface area contributed by atoms with Crippen molar-refractivity contribution in [2.24, 2.45) is 11.7 Å². The molecule has 4 rings (SSSR count). The SMILES string of the molecule is NC(=O)C1CCN(C(=O)CCSc2ncnc3sc(-c4ccccc4)cc23)CC1. The van der Waals surface area contributed by atoms with Gasteiger partial charge in [-0.25, -0.2) is 9.97 Å². The van der Waals surface area contributed by atoms with Gasteiger partial charge in [-0.1, -0.05) is 30.3 Å². The van der Waals surface area contributed by atoms with E-state index >= 15 is 0 Å². The minimum atomic E-state index is -0.258. The molecule has 0 spiro atoms. The van der Waals surface area contributed by atoms with Crippen molar-refractivity contribution in [3.63, 3.8) is 0 Å². The van der Waals surface area contributed by atoms with Crippen LogP contribution in [0.5, 0.6) is 0 Å². The molecule has 2 N–H and O–H groups in total. The van der Waals surface area contributed by atoms with Crippen LogP contribution in [0.3, 0.4) is 0 Å². The molecule has 0 radical (unpaired) electrons. The Morgan fingerprint density at radius 3 is 2.66 bits per heavy atom. The Labute approximate surface area is 177 Å². The first-order chi connectivity index (χ1) is 14.1. The molecular formula is C21H22N4O2S2. The Morgan fingerprint density at radius 1 is 1.17 bits per heavy atom. The highest BCUT2D eigenvalue weighted by atomic mass is 32.2. The standard InChI is InChI=1S/C21H22N4O2S2/c22-19(27)15-6-9-25(10-7-15)18(26)8-11-28-20-16-12-17(14-4-2-1-3-5-14)29-21(16)24-13-23-20/h1-5,12-13,15H,6-11H2,(H2,22,27). The molecule has 0 bridgehead atoms. The number of nitrogens with zero attached hydrogens (tertiary/aromatic N) is 3. The number of hydrogen-bond donors (Lipinski definition) is 1. The summed E-state index contributed by atoms with van der Waals surface area (Å²) >= 11 is 3.24. The molecule has 2 amide bonds. The summed E-state index contributed by atoms with van der Waals surface area (Å²) in [4.78, 5) is 36.6. The monoisotopic (exact) mass is 426 g/mol. The van der Waals surface area contributed by atoms with Crippen LogP contribution < -0.4 is 5.73 Å².